The van der Waals surface area contributed by atoms with Crippen molar-refractivity contribution in [2.45, 2.75) is 70.0 Å². The molecule has 0 aromatic carbocycles. The van der Waals surface area contributed by atoms with E-state index in [9.17, 15) is 10.1 Å². The van der Waals surface area contributed by atoms with Gasteiger partial charge < -0.3 is 28.5 Å². The maximum atomic E-state index is 10.4. The normalized spacial score (nSPS) is 43.1. The molecule has 3 rings (SSSR count). The van der Waals surface area contributed by atoms with Gasteiger partial charge in [0.25, 0.3) is 5.09 Å². The van der Waals surface area contributed by atoms with Crippen LogP contribution in [0.1, 0.15) is 27.7 Å². The highest BCUT2D eigenvalue weighted by Gasteiger charge is 2.60. The van der Waals surface area contributed by atoms with Gasteiger partial charge >= 0.3 is 0 Å². The molecule has 0 amide bonds. The largest absolute Gasteiger partial charge is 0.342 e. The van der Waals surface area contributed by atoms with E-state index in [4.69, 9.17) is 23.7 Å². The second-order valence-electron chi connectivity index (χ2n) is 6.23. The predicted octanol–water partition coefficient (Wildman–Crippen LogP) is 0.591. The quantitative estimate of drug-likeness (QED) is 0.552. The number of hydrogen-bond acceptors (Lipinski definition) is 8. The first kappa shape index (κ1) is 14.9. The maximum Gasteiger partial charge on any atom is 0.294 e. The summed E-state index contributed by atoms with van der Waals surface area (Å²) in [5.74, 6) is -1.63. The van der Waals surface area contributed by atoms with Crippen molar-refractivity contribution in [1.82, 2.24) is 0 Å². The van der Waals surface area contributed by atoms with Crippen molar-refractivity contribution in [3.05, 3.63) is 10.1 Å². The van der Waals surface area contributed by atoms with Crippen molar-refractivity contribution < 1.29 is 33.6 Å². The molecule has 0 aromatic rings. The summed E-state index contributed by atoms with van der Waals surface area (Å²) in [6.07, 6.45) is -2.72. The molecule has 120 valence electrons. The summed E-state index contributed by atoms with van der Waals surface area (Å²) >= 11 is 0. The fourth-order valence-electron chi connectivity index (χ4n) is 2.96. The maximum absolute atomic E-state index is 10.4. The average molecular weight is 305 g/mol. The third kappa shape index (κ3) is 2.84. The summed E-state index contributed by atoms with van der Waals surface area (Å²) in [5, 5.41) is 9.53. The first-order valence-corrected chi connectivity index (χ1v) is 6.81. The molecule has 0 N–H and O–H groups in total. The van der Waals surface area contributed by atoms with Gasteiger partial charge in [0.1, 0.15) is 31.0 Å². The van der Waals surface area contributed by atoms with E-state index in [2.05, 4.69) is 4.84 Å². The van der Waals surface area contributed by atoms with E-state index < -0.39 is 47.4 Å². The van der Waals surface area contributed by atoms with Gasteiger partial charge in [0, 0.05) is 0 Å². The molecule has 0 radical (unpaired) electrons. The van der Waals surface area contributed by atoms with Crippen LogP contribution in [-0.4, -0.2) is 54.0 Å². The number of nitrogens with zero attached hydrogens (tertiary/aromatic N) is 1. The molecule has 0 bridgehead atoms. The SMILES string of the molecule is CC1(C)O[C@H]2[C@@H](O1)[C@@H](CO[N+](=O)[O-])O[C@@H]1OC(C)(C)O[C@@H]12. The highest BCUT2D eigenvalue weighted by Crippen LogP contribution is 2.44. The highest BCUT2D eigenvalue weighted by atomic mass is 17.0. The van der Waals surface area contributed by atoms with E-state index in [-0.39, 0.29) is 6.61 Å². The Hall–Kier alpha value is -1.00. The Balaban J connectivity index is 1.80. The zero-order chi connectivity index (χ0) is 15.4. The lowest BCUT2D eigenvalue weighted by Crippen LogP contribution is -2.56. The van der Waals surface area contributed by atoms with Crippen molar-refractivity contribution in [3.8, 4) is 0 Å². The van der Waals surface area contributed by atoms with Crippen molar-refractivity contribution in [2.75, 3.05) is 6.61 Å². The van der Waals surface area contributed by atoms with E-state index >= 15 is 0 Å². The minimum atomic E-state index is -0.860. The van der Waals surface area contributed by atoms with Crippen LogP contribution in [0.15, 0.2) is 0 Å². The fourth-order valence-corrected chi connectivity index (χ4v) is 2.96. The molecular formula is C12H19NO8. The Morgan fingerprint density at radius 1 is 1.00 bits per heavy atom. The molecular weight excluding hydrogens is 286 g/mol. The summed E-state index contributed by atoms with van der Waals surface area (Å²) in [5.41, 5.74) is 0. The first-order chi connectivity index (χ1) is 9.67. The molecule has 3 fully saturated rings. The number of ether oxygens (including phenoxy) is 5. The van der Waals surface area contributed by atoms with Crippen LogP contribution in [0, 0.1) is 10.1 Å². The monoisotopic (exact) mass is 305 g/mol. The first-order valence-electron chi connectivity index (χ1n) is 6.81. The lowest BCUT2D eigenvalue weighted by atomic mass is 9.99. The summed E-state index contributed by atoms with van der Waals surface area (Å²) in [6, 6.07) is 0. The lowest BCUT2D eigenvalue weighted by molar-refractivity contribution is -0.760. The zero-order valence-corrected chi connectivity index (χ0v) is 12.3. The minimum Gasteiger partial charge on any atom is -0.342 e. The Labute approximate surface area is 121 Å². The highest BCUT2D eigenvalue weighted by molar-refractivity contribution is 4.99. The van der Waals surface area contributed by atoms with Crippen molar-refractivity contribution >= 4 is 0 Å². The Kier molecular flexibility index (Phi) is 3.37. The fraction of sp³-hybridized carbons (Fsp3) is 1.00. The van der Waals surface area contributed by atoms with Gasteiger partial charge in [0.2, 0.25) is 0 Å². The van der Waals surface area contributed by atoms with Crippen LogP contribution in [0.5, 0.6) is 0 Å². The summed E-state index contributed by atoms with van der Waals surface area (Å²) in [6.45, 7) is 6.83. The predicted molar refractivity (Wildman–Crippen MR) is 65.5 cm³/mol. The van der Waals surface area contributed by atoms with E-state index in [0.29, 0.717) is 0 Å². The van der Waals surface area contributed by atoms with Gasteiger partial charge in [-0.15, -0.1) is 10.1 Å². The molecule has 9 heteroatoms. The second-order valence-corrected chi connectivity index (χ2v) is 6.23. The van der Waals surface area contributed by atoms with Crippen LogP contribution in [0.25, 0.3) is 0 Å². The molecule has 0 aliphatic carbocycles. The number of hydrogen-bond donors (Lipinski definition) is 0. The van der Waals surface area contributed by atoms with E-state index in [0.717, 1.165) is 0 Å². The van der Waals surface area contributed by atoms with Crippen molar-refractivity contribution in [3.63, 3.8) is 0 Å². The Morgan fingerprint density at radius 3 is 2.24 bits per heavy atom. The van der Waals surface area contributed by atoms with E-state index in [1.54, 1.807) is 27.7 Å². The van der Waals surface area contributed by atoms with Gasteiger partial charge in [-0.3, -0.25) is 0 Å². The molecule has 0 spiro atoms. The average Bonchev–Trinajstić information content (AvgIpc) is 2.80. The molecule has 0 saturated carbocycles. The van der Waals surface area contributed by atoms with Crippen LogP contribution >= 0.6 is 0 Å². The summed E-state index contributed by atoms with van der Waals surface area (Å²) < 4.78 is 28.8. The second kappa shape index (κ2) is 4.75. The van der Waals surface area contributed by atoms with Crippen molar-refractivity contribution in [2.24, 2.45) is 0 Å². The minimum absolute atomic E-state index is 0.249. The van der Waals surface area contributed by atoms with Crippen LogP contribution in [0.4, 0.5) is 0 Å². The van der Waals surface area contributed by atoms with Crippen LogP contribution in [-0.2, 0) is 28.5 Å². The number of fused-ring (bicyclic) bond motifs is 3. The topological polar surface area (TPSA) is 98.5 Å². The molecule has 3 heterocycles. The van der Waals surface area contributed by atoms with Gasteiger partial charge in [0.05, 0.1) is 0 Å². The van der Waals surface area contributed by atoms with Gasteiger partial charge in [-0.2, -0.15) is 0 Å². The molecule has 3 saturated heterocycles. The lowest BCUT2D eigenvalue weighted by Gasteiger charge is -2.36. The summed E-state index contributed by atoms with van der Waals surface area (Å²) in [7, 11) is 0. The number of rotatable bonds is 3. The standard InChI is InChI=1S/C12H19NO8/c1-11(2)18-7-6(5-16-13(14)15)17-10-9(8(7)19-11)20-12(3,4)21-10/h6-10H,5H2,1-4H3/t6-,7+,8+,9-,10-/m1/s1. The van der Waals surface area contributed by atoms with E-state index in [1.807, 2.05) is 0 Å². The molecule has 3 aliphatic heterocycles. The van der Waals surface area contributed by atoms with Gasteiger partial charge in [0.15, 0.2) is 17.9 Å². The third-order valence-corrected chi connectivity index (χ3v) is 3.60. The third-order valence-electron chi connectivity index (χ3n) is 3.60. The zero-order valence-electron chi connectivity index (χ0n) is 12.3. The van der Waals surface area contributed by atoms with Crippen LogP contribution in [0.3, 0.4) is 0 Å². The Bertz CT molecular complexity index is 439. The van der Waals surface area contributed by atoms with Crippen LogP contribution in [0.2, 0.25) is 0 Å². The summed E-state index contributed by atoms with van der Waals surface area (Å²) in [4.78, 5) is 14.8. The molecule has 0 aromatic heterocycles. The van der Waals surface area contributed by atoms with Gasteiger partial charge in [-0.1, -0.05) is 0 Å². The molecule has 0 unspecified atom stereocenters. The molecule has 21 heavy (non-hydrogen) atoms. The molecule has 9 nitrogen and oxygen atoms in total. The van der Waals surface area contributed by atoms with E-state index in [1.165, 1.54) is 0 Å². The van der Waals surface area contributed by atoms with Crippen molar-refractivity contribution in [1.29, 1.82) is 0 Å². The van der Waals surface area contributed by atoms with Gasteiger partial charge in [-0.25, -0.2) is 0 Å². The van der Waals surface area contributed by atoms with Crippen LogP contribution < -0.4 is 0 Å². The smallest absolute Gasteiger partial charge is 0.294 e. The molecule has 3 aliphatic rings. The Morgan fingerprint density at radius 2 is 1.57 bits per heavy atom. The molecule has 5 atom stereocenters. The van der Waals surface area contributed by atoms with Gasteiger partial charge in [-0.05, 0) is 27.7 Å².